The molecule has 100 valence electrons. The third-order valence-electron chi connectivity index (χ3n) is 3.20. The molecule has 2 aromatic rings. The van der Waals surface area contributed by atoms with Gasteiger partial charge < -0.3 is 4.74 Å². The van der Waals surface area contributed by atoms with Crippen molar-refractivity contribution in [3.63, 3.8) is 0 Å². The highest BCUT2D eigenvalue weighted by Gasteiger charge is 2.15. The molecule has 0 amide bonds. The first-order chi connectivity index (χ1) is 9.40. The van der Waals surface area contributed by atoms with Crippen LogP contribution in [-0.2, 0) is 6.54 Å². The average Bonchev–Trinajstić information content (AvgIpc) is 2.88. The van der Waals surface area contributed by atoms with E-state index in [0.717, 1.165) is 18.7 Å². The first-order valence-electron chi connectivity index (χ1n) is 6.75. The molecule has 1 aliphatic rings. The van der Waals surface area contributed by atoms with Gasteiger partial charge in [-0.25, -0.2) is 0 Å². The predicted octanol–water partition coefficient (Wildman–Crippen LogP) is 3.55. The van der Waals surface area contributed by atoms with E-state index < -0.39 is 0 Å². The fraction of sp³-hybridized carbons (Fsp3) is 0.400. The molecule has 1 atom stereocenters. The number of hydrogen-bond acceptors (Lipinski definition) is 3. The minimum Gasteiger partial charge on any atom is -0.477 e. The summed E-state index contributed by atoms with van der Waals surface area (Å²) in [6.45, 7) is 0.794. The topological polar surface area (TPSA) is 27.1 Å². The van der Waals surface area contributed by atoms with Crippen LogP contribution in [0.15, 0.2) is 42.7 Å². The van der Waals surface area contributed by atoms with Crippen molar-refractivity contribution in [2.75, 3.05) is 5.75 Å². The maximum Gasteiger partial charge on any atom is 0.158 e. The molecule has 1 aromatic carbocycles. The van der Waals surface area contributed by atoms with Crippen molar-refractivity contribution in [3.8, 4) is 5.75 Å². The van der Waals surface area contributed by atoms with Gasteiger partial charge in [-0.15, -0.1) is 11.8 Å². The Bertz CT molecular complexity index is 506. The lowest BCUT2D eigenvalue weighted by atomic mass is 10.2. The standard InChI is InChI=1S/C15H18N2OS/c1-2-6-13(7-3-1)11-17-12-14(10-16-17)18-15-8-4-5-9-19-15/h1-3,6-7,10,12,15H,4-5,8-9,11H2. The van der Waals surface area contributed by atoms with E-state index in [9.17, 15) is 0 Å². The van der Waals surface area contributed by atoms with E-state index in [4.69, 9.17) is 4.74 Å². The Balaban J connectivity index is 1.59. The minimum absolute atomic E-state index is 0.308. The van der Waals surface area contributed by atoms with Gasteiger partial charge in [-0.1, -0.05) is 30.3 Å². The monoisotopic (exact) mass is 274 g/mol. The average molecular weight is 274 g/mol. The number of benzene rings is 1. The highest BCUT2D eigenvalue weighted by Crippen LogP contribution is 2.27. The Morgan fingerprint density at radius 2 is 2.16 bits per heavy atom. The van der Waals surface area contributed by atoms with Crippen LogP contribution < -0.4 is 4.74 Å². The first kappa shape index (κ1) is 12.6. The van der Waals surface area contributed by atoms with E-state index in [0.29, 0.717) is 5.44 Å². The molecule has 1 aliphatic heterocycles. The Morgan fingerprint density at radius 1 is 1.26 bits per heavy atom. The van der Waals surface area contributed by atoms with Gasteiger partial charge in [0.2, 0.25) is 0 Å². The largest absolute Gasteiger partial charge is 0.477 e. The summed E-state index contributed by atoms with van der Waals surface area (Å²) in [7, 11) is 0. The lowest BCUT2D eigenvalue weighted by Gasteiger charge is -2.21. The Hall–Kier alpha value is -1.42. The second-order valence-electron chi connectivity index (χ2n) is 4.77. The zero-order chi connectivity index (χ0) is 12.9. The fourth-order valence-corrected chi connectivity index (χ4v) is 3.36. The lowest BCUT2D eigenvalue weighted by molar-refractivity contribution is 0.268. The molecule has 0 bridgehead atoms. The molecule has 4 heteroatoms. The second kappa shape index (κ2) is 6.15. The van der Waals surface area contributed by atoms with E-state index in [1.807, 2.05) is 34.9 Å². The highest BCUT2D eigenvalue weighted by molar-refractivity contribution is 7.99. The number of thioether (sulfide) groups is 1. The molecule has 0 N–H and O–H groups in total. The van der Waals surface area contributed by atoms with Crippen LogP contribution in [0.25, 0.3) is 0 Å². The number of aromatic nitrogens is 2. The molecule has 1 unspecified atom stereocenters. The third kappa shape index (κ3) is 3.53. The third-order valence-corrected chi connectivity index (χ3v) is 4.43. The molecular weight excluding hydrogens is 256 g/mol. The van der Waals surface area contributed by atoms with Crippen LogP contribution in [0.2, 0.25) is 0 Å². The molecule has 0 spiro atoms. The maximum absolute atomic E-state index is 5.95. The van der Waals surface area contributed by atoms with Crippen LogP contribution in [-0.4, -0.2) is 21.0 Å². The Labute approximate surface area is 118 Å². The molecule has 1 saturated heterocycles. The lowest BCUT2D eigenvalue weighted by Crippen LogP contribution is -2.16. The van der Waals surface area contributed by atoms with Crippen LogP contribution in [0.4, 0.5) is 0 Å². The van der Waals surface area contributed by atoms with Gasteiger partial charge >= 0.3 is 0 Å². The zero-order valence-electron chi connectivity index (χ0n) is 10.9. The van der Waals surface area contributed by atoms with Crippen molar-refractivity contribution < 1.29 is 4.74 Å². The molecule has 19 heavy (non-hydrogen) atoms. The summed E-state index contributed by atoms with van der Waals surface area (Å²) in [5, 5.41) is 4.36. The van der Waals surface area contributed by atoms with Crippen LogP contribution >= 0.6 is 11.8 Å². The smallest absolute Gasteiger partial charge is 0.158 e. The number of hydrogen-bond donors (Lipinski definition) is 0. The van der Waals surface area contributed by atoms with Crippen molar-refractivity contribution in [2.24, 2.45) is 0 Å². The molecule has 0 saturated carbocycles. The molecule has 1 fully saturated rings. The summed E-state index contributed by atoms with van der Waals surface area (Å²) in [6.07, 6.45) is 7.54. The van der Waals surface area contributed by atoms with Gasteiger partial charge in [0, 0.05) is 0 Å². The van der Waals surface area contributed by atoms with Crippen molar-refractivity contribution in [1.29, 1.82) is 0 Å². The van der Waals surface area contributed by atoms with E-state index >= 15 is 0 Å². The quantitative estimate of drug-likeness (QED) is 0.853. The van der Waals surface area contributed by atoms with Gasteiger partial charge in [0.25, 0.3) is 0 Å². The predicted molar refractivity (Wildman–Crippen MR) is 78.5 cm³/mol. The van der Waals surface area contributed by atoms with Crippen LogP contribution in [0, 0.1) is 0 Å². The zero-order valence-corrected chi connectivity index (χ0v) is 11.7. The molecule has 2 heterocycles. The molecular formula is C15H18N2OS. The van der Waals surface area contributed by atoms with Crippen molar-refractivity contribution >= 4 is 11.8 Å². The van der Waals surface area contributed by atoms with Crippen molar-refractivity contribution in [3.05, 3.63) is 48.3 Å². The van der Waals surface area contributed by atoms with Gasteiger partial charge in [0.05, 0.1) is 18.9 Å². The summed E-state index contributed by atoms with van der Waals surface area (Å²) in [6, 6.07) is 10.4. The van der Waals surface area contributed by atoms with Gasteiger partial charge in [0.15, 0.2) is 5.75 Å². The number of rotatable bonds is 4. The van der Waals surface area contributed by atoms with E-state index in [2.05, 4.69) is 29.4 Å². The van der Waals surface area contributed by atoms with E-state index in [1.54, 1.807) is 0 Å². The van der Waals surface area contributed by atoms with Gasteiger partial charge in [-0.05, 0) is 30.6 Å². The molecule has 1 aromatic heterocycles. The fourth-order valence-electron chi connectivity index (χ4n) is 2.22. The van der Waals surface area contributed by atoms with Crippen LogP contribution in [0.1, 0.15) is 24.8 Å². The van der Waals surface area contributed by atoms with Gasteiger partial charge in [-0.3, -0.25) is 4.68 Å². The summed E-state index contributed by atoms with van der Waals surface area (Å²) in [5.74, 6) is 2.10. The SMILES string of the molecule is c1ccc(Cn2cc(OC3CCCCS3)cn2)cc1. The van der Waals surface area contributed by atoms with E-state index in [-0.39, 0.29) is 0 Å². The molecule has 0 radical (unpaired) electrons. The summed E-state index contributed by atoms with van der Waals surface area (Å²) >= 11 is 1.91. The molecule has 3 rings (SSSR count). The Kier molecular flexibility index (Phi) is 4.08. The van der Waals surface area contributed by atoms with Crippen molar-refractivity contribution in [1.82, 2.24) is 9.78 Å². The van der Waals surface area contributed by atoms with Crippen LogP contribution in [0.3, 0.4) is 0 Å². The van der Waals surface area contributed by atoms with Gasteiger partial charge in [0.1, 0.15) is 5.44 Å². The maximum atomic E-state index is 5.95. The molecule has 3 nitrogen and oxygen atoms in total. The first-order valence-corrected chi connectivity index (χ1v) is 7.80. The number of ether oxygens (including phenoxy) is 1. The normalized spacial score (nSPS) is 19.3. The van der Waals surface area contributed by atoms with Gasteiger partial charge in [-0.2, -0.15) is 5.10 Å². The number of nitrogens with zero attached hydrogens (tertiary/aromatic N) is 2. The van der Waals surface area contributed by atoms with Crippen molar-refractivity contribution in [2.45, 2.75) is 31.2 Å². The molecule has 0 aliphatic carbocycles. The minimum atomic E-state index is 0.308. The second-order valence-corrected chi connectivity index (χ2v) is 6.04. The summed E-state index contributed by atoms with van der Waals surface area (Å²) < 4.78 is 7.88. The Morgan fingerprint density at radius 3 is 2.95 bits per heavy atom. The summed E-state index contributed by atoms with van der Waals surface area (Å²) in [5.41, 5.74) is 1.56. The highest BCUT2D eigenvalue weighted by atomic mass is 32.2. The summed E-state index contributed by atoms with van der Waals surface area (Å²) in [4.78, 5) is 0. The van der Waals surface area contributed by atoms with Crippen LogP contribution in [0.5, 0.6) is 5.75 Å². The van der Waals surface area contributed by atoms with E-state index in [1.165, 1.54) is 24.2 Å².